The summed E-state index contributed by atoms with van der Waals surface area (Å²) in [5.74, 6) is 1.00. The lowest BCUT2D eigenvalue weighted by atomic mass is 10.1. The molecule has 1 amide bonds. The Morgan fingerprint density at radius 1 is 1.16 bits per heavy atom. The van der Waals surface area contributed by atoms with Gasteiger partial charge in [-0.1, -0.05) is 12.1 Å². The molecule has 2 saturated heterocycles. The van der Waals surface area contributed by atoms with E-state index >= 15 is 0 Å². The molecule has 0 saturated carbocycles. The molecule has 3 heterocycles. The number of benzene rings is 1. The van der Waals surface area contributed by atoms with Crippen molar-refractivity contribution in [3.05, 3.63) is 30.0 Å². The van der Waals surface area contributed by atoms with Gasteiger partial charge >= 0.3 is 0 Å². The van der Waals surface area contributed by atoms with Gasteiger partial charge in [-0.3, -0.25) is 4.79 Å². The van der Waals surface area contributed by atoms with Crippen molar-refractivity contribution in [2.45, 2.75) is 38.3 Å². The van der Waals surface area contributed by atoms with Crippen LogP contribution in [0.15, 0.2) is 24.3 Å². The minimum Gasteiger partial charge on any atom is -0.380 e. The molecule has 2 fully saturated rings. The van der Waals surface area contributed by atoms with E-state index in [0.29, 0.717) is 13.0 Å². The summed E-state index contributed by atoms with van der Waals surface area (Å²) in [5, 5.41) is 0. The second-order valence-corrected chi connectivity index (χ2v) is 6.92. The maximum atomic E-state index is 13.0. The second-order valence-electron chi connectivity index (χ2n) is 6.92. The van der Waals surface area contributed by atoms with Gasteiger partial charge in [-0.05, 0) is 31.9 Å². The number of rotatable bonds is 3. The molecule has 0 unspecified atom stereocenters. The largest absolute Gasteiger partial charge is 0.380 e. The number of carbonyl (C=O) groups excluding carboxylic acids is 1. The Hall–Kier alpha value is -2.21. The molecule has 0 aliphatic carbocycles. The molecule has 6 nitrogen and oxygen atoms in total. The molecule has 0 spiro atoms. The summed E-state index contributed by atoms with van der Waals surface area (Å²) in [7, 11) is 1.71. The fourth-order valence-electron chi connectivity index (χ4n) is 3.94. The zero-order valence-corrected chi connectivity index (χ0v) is 14.8. The normalized spacial score (nSPS) is 23.6. The van der Waals surface area contributed by atoms with Crippen LogP contribution < -0.4 is 4.90 Å². The van der Waals surface area contributed by atoms with Gasteiger partial charge in [-0.15, -0.1) is 0 Å². The van der Waals surface area contributed by atoms with Gasteiger partial charge in [0.05, 0.1) is 22.8 Å². The Labute approximate surface area is 147 Å². The second kappa shape index (κ2) is 6.59. The summed E-state index contributed by atoms with van der Waals surface area (Å²) in [4.78, 5) is 26.6. The van der Waals surface area contributed by atoms with Gasteiger partial charge in [0.25, 0.3) is 0 Å². The van der Waals surface area contributed by atoms with E-state index in [2.05, 4.69) is 4.90 Å². The summed E-state index contributed by atoms with van der Waals surface area (Å²) >= 11 is 0. The number of aromatic nitrogens is 2. The lowest BCUT2D eigenvalue weighted by Gasteiger charge is -2.29. The molecule has 0 bridgehead atoms. The van der Waals surface area contributed by atoms with Crippen LogP contribution in [-0.2, 0) is 9.53 Å². The zero-order valence-electron chi connectivity index (χ0n) is 14.8. The summed E-state index contributed by atoms with van der Waals surface area (Å²) < 4.78 is 5.57. The highest BCUT2D eigenvalue weighted by molar-refractivity contribution is 5.87. The zero-order chi connectivity index (χ0) is 17.4. The Morgan fingerprint density at radius 3 is 2.52 bits per heavy atom. The third-order valence-electron chi connectivity index (χ3n) is 5.29. The maximum absolute atomic E-state index is 13.0. The molecule has 25 heavy (non-hydrogen) atoms. The molecule has 2 aromatic rings. The van der Waals surface area contributed by atoms with E-state index in [1.807, 2.05) is 36.1 Å². The van der Waals surface area contributed by atoms with Gasteiger partial charge in [0, 0.05) is 33.2 Å². The quantitative estimate of drug-likeness (QED) is 0.857. The van der Waals surface area contributed by atoms with Crippen LogP contribution in [-0.4, -0.2) is 59.7 Å². The molecule has 0 radical (unpaired) electrons. The number of likely N-dealkylation sites (tertiary alicyclic amines) is 1. The van der Waals surface area contributed by atoms with Crippen molar-refractivity contribution in [3.63, 3.8) is 0 Å². The van der Waals surface area contributed by atoms with Crippen molar-refractivity contribution in [3.8, 4) is 0 Å². The Kier molecular flexibility index (Phi) is 4.29. The molecule has 2 aliphatic rings. The first-order valence-electron chi connectivity index (χ1n) is 8.99. The fraction of sp³-hybridized carbons (Fsp3) is 0.526. The topological polar surface area (TPSA) is 58.6 Å². The Balaban J connectivity index is 1.70. The van der Waals surface area contributed by atoms with Crippen molar-refractivity contribution >= 4 is 22.8 Å². The molecule has 132 valence electrons. The monoisotopic (exact) mass is 340 g/mol. The lowest BCUT2D eigenvalue weighted by molar-refractivity contribution is -0.131. The van der Waals surface area contributed by atoms with Gasteiger partial charge < -0.3 is 14.5 Å². The molecule has 6 heteroatoms. The van der Waals surface area contributed by atoms with E-state index in [4.69, 9.17) is 14.7 Å². The van der Waals surface area contributed by atoms with Gasteiger partial charge in [0.15, 0.2) is 5.82 Å². The molecule has 2 atom stereocenters. The number of aryl methyl sites for hydroxylation is 1. The standard InChI is InChI=1S/C19H24N4O2/c1-13-18(21-16-8-4-3-7-15(16)20-13)23-12-14(25-2)11-17(23)19(24)22-9-5-6-10-22/h3-4,7-8,14,17H,5-6,9-12H2,1-2H3/t14-,17-/m0/s1. The first kappa shape index (κ1) is 16.3. The Bertz CT molecular complexity index is 788. The predicted octanol–water partition coefficient (Wildman–Crippen LogP) is 2.15. The average molecular weight is 340 g/mol. The van der Waals surface area contributed by atoms with E-state index in [-0.39, 0.29) is 18.1 Å². The van der Waals surface area contributed by atoms with Crippen LogP contribution in [0.4, 0.5) is 5.82 Å². The molecule has 1 aromatic carbocycles. The van der Waals surface area contributed by atoms with Crippen molar-refractivity contribution < 1.29 is 9.53 Å². The minimum absolute atomic E-state index is 0.0456. The SMILES string of the molecule is CO[C@H]1C[C@@H](C(=O)N2CCCC2)N(c2nc3ccccc3nc2C)C1. The molecular weight excluding hydrogens is 316 g/mol. The predicted molar refractivity (Wildman–Crippen MR) is 96.6 cm³/mol. The highest BCUT2D eigenvalue weighted by atomic mass is 16.5. The first-order chi connectivity index (χ1) is 12.2. The van der Waals surface area contributed by atoms with E-state index in [1.165, 1.54) is 0 Å². The number of carbonyl (C=O) groups is 1. The maximum Gasteiger partial charge on any atom is 0.245 e. The van der Waals surface area contributed by atoms with E-state index in [1.54, 1.807) is 7.11 Å². The Morgan fingerprint density at radius 2 is 1.84 bits per heavy atom. The number of nitrogens with zero attached hydrogens (tertiary/aromatic N) is 4. The first-order valence-corrected chi connectivity index (χ1v) is 8.99. The van der Waals surface area contributed by atoms with Crippen molar-refractivity contribution in [2.24, 2.45) is 0 Å². The molecule has 1 aromatic heterocycles. The fourth-order valence-corrected chi connectivity index (χ4v) is 3.94. The average Bonchev–Trinajstić information content (AvgIpc) is 3.30. The van der Waals surface area contributed by atoms with E-state index in [9.17, 15) is 4.79 Å². The summed E-state index contributed by atoms with van der Waals surface area (Å²) in [6.07, 6.45) is 2.95. The van der Waals surface area contributed by atoms with Crippen LogP contribution in [0.3, 0.4) is 0 Å². The number of fused-ring (bicyclic) bond motifs is 1. The van der Waals surface area contributed by atoms with Crippen LogP contribution in [0.2, 0.25) is 0 Å². The number of hydrogen-bond donors (Lipinski definition) is 0. The van der Waals surface area contributed by atoms with E-state index in [0.717, 1.165) is 48.5 Å². The lowest BCUT2D eigenvalue weighted by Crippen LogP contribution is -2.45. The number of anilines is 1. The highest BCUT2D eigenvalue weighted by Crippen LogP contribution is 2.30. The molecular formula is C19H24N4O2. The van der Waals surface area contributed by atoms with Gasteiger partial charge in [-0.2, -0.15) is 0 Å². The number of para-hydroxylation sites is 2. The minimum atomic E-state index is -0.211. The smallest absolute Gasteiger partial charge is 0.245 e. The summed E-state index contributed by atoms with van der Waals surface area (Å²) in [6, 6.07) is 7.65. The van der Waals surface area contributed by atoms with Gasteiger partial charge in [0.1, 0.15) is 6.04 Å². The molecule has 2 aliphatic heterocycles. The number of ether oxygens (including phenoxy) is 1. The van der Waals surface area contributed by atoms with Crippen molar-refractivity contribution in [1.29, 1.82) is 0 Å². The third kappa shape index (κ3) is 2.95. The van der Waals surface area contributed by atoms with Crippen molar-refractivity contribution in [2.75, 3.05) is 31.6 Å². The highest BCUT2D eigenvalue weighted by Gasteiger charge is 2.41. The van der Waals surface area contributed by atoms with Crippen LogP contribution >= 0.6 is 0 Å². The van der Waals surface area contributed by atoms with Crippen LogP contribution in [0.1, 0.15) is 25.0 Å². The molecule has 4 rings (SSSR count). The van der Waals surface area contributed by atoms with Gasteiger partial charge in [-0.25, -0.2) is 9.97 Å². The van der Waals surface area contributed by atoms with Gasteiger partial charge in [0.2, 0.25) is 5.91 Å². The van der Waals surface area contributed by atoms with E-state index < -0.39 is 0 Å². The summed E-state index contributed by atoms with van der Waals surface area (Å²) in [5.41, 5.74) is 2.60. The number of methoxy groups -OCH3 is 1. The van der Waals surface area contributed by atoms with Crippen molar-refractivity contribution in [1.82, 2.24) is 14.9 Å². The van der Waals surface area contributed by atoms with Crippen LogP contribution in [0, 0.1) is 6.92 Å². The number of amides is 1. The third-order valence-corrected chi connectivity index (χ3v) is 5.29. The summed E-state index contributed by atoms with van der Waals surface area (Å²) in [6.45, 7) is 4.37. The number of hydrogen-bond acceptors (Lipinski definition) is 5. The van der Waals surface area contributed by atoms with Crippen LogP contribution in [0.25, 0.3) is 11.0 Å². The molecule has 0 N–H and O–H groups in total. The van der Waals surface area contributed by atoms with Crippen LogP contribution in [0.5, 0.6) is 0 Å².